The van der Waals surface area contributed by atoms with E-state index in [4.69, 9.17) is 4.84 Å². The minimum atomic E-state index is 0.0955. The molecule has 0 aliphatic carbocycles. The van der Waals surface area contributed by atoms with Crippen LogP contribution < -0.4 is 4.33 Å². The van der Waals surface area contributed by atoms with Crippen LogP contribution in [0, 0.1) is 0 Å². The fourth-order valence-electron chi connectivity index (χ4n) is 1.70. The predicted molar refractivity (Wildman–Crippen MR) is 50.8 cm³/mol. The van der Waals surface area contributed by atoms with Gasteiger partial charge in [0, 0.05) is 0 Å². The molecule has 0 amide bonds. The standard InChI is InChI=1S/C8H18N2OSe/c1-7(2)6-9-12-8(3,4)10(7)11-5/h9H,6H2,1-5H3. The zero-order valence-electron chi connectivity index (χ0n) is 8.47. The van der Waals surface area contributed by atoms with E-state index >= 15 is 0 Å². The molecule has 1 N–H and O–H groups in total. The maximum absolute atomic E-state index is 5.43. The van der Waals surface area contributed by atoms with Gasteiger partial charge in [-0.15, -0.1) is 0 Å². The van der Waals surface area contributed by atoms with Gasteiger partial charge in [-0.05, 0) is 0 Å². The first kappa shape index (κ1) is 10.5. The molecule has 12 heavy (non-hydrogen) atoms. The third-order valence-corrected chi connectivity index (χ3v) is 4.05. The number of rotatable bonds is 1. The second-order valence-corrected chi connectivity index (χ2v) is 7.29. The summed E-state index contributed by atoms with van der Waals surface area (Å²) in [5.41, 5.74) is 0.0955. The van der Waals surface area contributed by atoms with Crippen LogP contribution in [0.15, 0.2) is 0 Å². The van der Waals surface area contributed by atoms with Crippen molar-refractivity contribution in [3.05, 3.63) is 0 Å². The Morgan fingerprint density at radius 2 is 1.92 bits per heavy atom. The summed E-state index contributed by atoms with van der Waals surface area (Å²) >= 11 is 0.429. The molecule has 0 aromatic carbocycles. The summed E-state index contributed by atoms with van der Waals surface area (Å²) in [6, 6.07) is 0. The molecule has 0 atom stereocenters. The molecule has 0 aromatic rings. The number of nitrogens with one attached hydrogen (secondary N) is 1. The Hall–Kier alpha value is 0.399. The van der Waals surface area contributed by atoms with E-state index in [1.54, 1.807) is 7.11 Å². The van der Waals surface area contributed by atoms with Crippen molar-refractivity contribution in [2.24, 2.45) is 0 Å². The Morgan fingerprint density at radius 3 is 2.25 bits per heavy atom. The van der Waals surface area contributed by atoms with Crippen molar-refractivity contribution < 1.29 is 4.84 Å². The second-order valence-electron chi connectivity index (χ2n) is 4.16. The molecule has 1 aliphatic heterocycles. The van der Waals surface area contributed by atoms with E-state index < -0.39 is 0 Å². The SMILES string of the molecule is CON1C(C)(C)CN[Se]C1(C)C. The Morgan fingerprint density at radius 1 is 1.33 bits per heavy atom. The molecule has 0 saturated carbocycles. The molecule has 0 unspecified atom stereocenters. The summed E-state index contributed by atoms with van der Waals surface area (Å²) in [6.45, 7) is 9.82. The van der Waals surface area contributed by atoms with E-state index in [0.717, 1.165) is 6.54 Å². The molecule has 0 spiro atoms. The van der Waals surface area contributed by atoms with Crippen LogP contribution in [0.1, 0.15) is 27.7 Å². The van der Waals surface area contributed by atoms with Crippen LogP contribution in [-0.4, -0.2) is 43.9 Å². The first-order valence-corrected chi connectivity index (χ1v) is 5.87. The summed E-state index contributed by atoms with van der Waals surface area (Å²) in [5, 5.41) is 2.11. The Bertz CT molecular complexity index is 154. The molecule has 0 aromatic heterocycles. The molecule has 0 radical (unpaired) electrons. The summed E-state index contributed by atoms with van der Waals surface area (Å²) < 4.78 is 3.61. The van der Waals surface area contributed by atoms with Crippen molar-refractivity contribution in [3.63, 3.8) is 0 Å². The van der Waals surface area contributed by atoms with Gasteiger partial charge in [-0.1, -0.05) is 0 Å². The average molecular weight is 237 g/mol. The molecule has 72 valence electrons. The van der Waals surface area contributed by atoms with Crippen LogP contribution in [-0.2, 0) is 4.84 Å². The van der Waals surface area contributed by atoms with Gasteiger partial charge in [0.1, 0.15) is 0 Å². The number of nitrogens with zero attached hydrogens (tertiary/aromatic N) is 1. The fourth-order valence-corrected chi connectivity index (χ4v) is 4.18. The third kappa shape index (κ3) is 1.83. The first-order valence-electron chi connectivity index (χ1n) is 4.15. The zero-order valence-corrected chi connectivity index (χ0v) is 10.2. The summed E-state index contributed by atoms with van der Waals surface area (Å²) in [5.74, 6) is 0. The number of hydrogen-bond donors (Lipinski definition) is 1. The van der Waals surface area contributed by atoms with Crippen molar-refractivity contribution in [1.29, 1.82) is 0 Å². The van der Waals surface area contributed by atoms with Crippen LogP contribution in [0.25, 0.3) is 0 Å². The number of hydroxylamine groups is 2. The van der Waals surface area contributed by atoms with E-state index in [1.165, 1.54) is 0 Å². The van der Waals surface area contributed by atoms with Crippen LogP contribution >= 0.6 is 0 Å². The van der Waals surface area contributed by atoms with Crippen molar-refractivity contribution in [1.82, 2.24) is 9.40 Å². The molecule has 1 saturated heterocycles. The van der Waals surface area contributed by atoms with Crippen LogP contribution in [0.2, 0.25) is 0 Å². The molecule has 1 heterocycles. The van der Waals surface area contributed by atoms with Crippen LogP contribution in [0.5, 0.6) is 0 Å². The van der Waals surface area contributed by atoms with Crippen LogP contribution in [0.4, 0.5) is 0 Å². The van der Waals surface area contributed by atoms with Crippen molar-refractivity contribution in [2.45, 2.75) is 37.7 Å². The third-order valence-electron chi connectivity index (χ3n) is 2.05. The molecule has 1 rings (SSSR count). The number of hydrogen-bond acceptors (Lipinski definition) is 3. The van der Waals surface area contributed by atoms with Gasteiger partial charge in [0.15, 0.2) is 0 Å². The fraction of sp³-hybridized carbons (Fsp3) is 1.00. The van der Waals surface area contributed by atoms with Crippen molar-refractivity contribution in [2.75, 3.05) is 13.7 Å². The van der Waals surface area contributed by atoms with Crippen molar-refractivity contribution >= 4 is 15.2 Å². The summed E-state index contributed by atoms with van der Waals surface area (Å²) in [6.07, 6.45) is 0. The first-order chi connectivity index (χ1) is 5.40. The zero-order chi connectivity index (χ0) is 9.41. The van der Waals surface area contributed by atoms with Gasteiger partial charge in [0.2, 0.25) is 0 Å². The molecule has 4 heteroatoms. The van der Waals surface area contributed by atoms with Gasteiger partial charge in [0.05, 0.1) is 0 Å². The summed E-state index contributed by atoms with van der Waals surface area (Å²) in [7, 11) is 1.75. The van der Waals surface area contributed by atoms with Gasteiger partial charge >= 0.3 is 80.7 Å². The van der Waals surface area contributed by atoms with Gasteiger partial charge < -0.3 is 0 Å². The normalized spacial score (nSPS) is 28.8. The Labute approximate surface area is 81.2 Å². The molecular formula is C8H18N2OSe. The maximum atomic E-state index is 5.43. The van der Waals surface area contributed by atoms with Gasteiger partial charge in [0.25, 0.3) is 0 Å². The molecule has 1 fully saturated rings. The van der Waals surface area contributed by atoms with Gasteiger partial charge in [-0.3, -0.25) is 0 Å². The van der Waals surface area contributed by atoms with Gasteiger partial charge in [-0.2, -0.15) is 0 Å². The van der Waals surface area contributed by atoms with Gasteiger partial charge in [-0.25, -0.2) is 0 Å². The van der Waals surface area contributed by atoms with E-state index in [2.05, 4.69) is 37.1 Å². The van der Waals surface area contributed by atoms with E-state index in [1.807, 2.05) is 0 Å². The monoisotopic (exact) mass is 238 g/mol. The molecule has 1 aliphatic rings. The summed E-state index contributed by atoms with van der Waals surface area (Å²) in [4.78, 5) is 5.43. The molecular weight excluding hydrogens is 219 g/mol. The second kappa shape index (κ2) is 3.28. The van der Waals surface area contributed by atoms with Crippen molar-refractivity contribution in [3.8, 4) is 0 Å². The topological polar surface area (TPSA) is 24.5 Å². The van der Waals surface area contributed by atoms with Crippen LogP contribution in [0.3, 0.4) is 0 Å². The minimum absolute atomic E-state index is 0.0955. The van der Waals surface area contributed by atoms with E-state index in [-0.39, 0.29) is 9.98 Å². The van der Waals surface area contributed by atoms with E-state index in [0.29, 0.717) is 15.2 Å². The average Bonchev–Trinajstić information content (AvgIpc) is 1.83. The predicted octanol–water partition coefficient (Wildman–Crippen LogP) is 0.587. The van der Waals surface area contributed by atoms with E-state index in [9.17, 15) is 0 Å². The Balaban J connectivity index is 2.81. The quantitative estimate of drug-likeness (QED) is 0.675. The molecule has 0 bridgehead atoms. The Kier molecular flexibility index (Phi) is 2.86. The molecule has 3 nitrogen and oxygen atoms in total.